The van der Waals surface area contributed by atoms with E-state index >= 15 is 0 Å². The van der Waals surface area contributed by atoms with Crippen molar-refractivity contribution in [1.29, 1.82) is 0 Å². The molecule has 4 nitrogen and oxygen atoms in total. The van der Waals surface area contributed by atoms with Crippen LogP contribution in [0.25, 0.3) is 0 Å². The highest BCUT2D eigenvalue weighted by atomic mass is 35.5. The summed E-state index contributed by atoms with van der Waals surface area (Å²) < 4.78 is 0. The van der Waals surface area contributed by atoms with Crippen molar-refractivity contribution >= 4 is 30.6 Å². The third-order valence-corrected chi connectivity index (χ3v) is 4.97. The molecule has 2 aliphatic carbocycles. The quantitative estimate of drug-likeness (QED) is 0.912. The number of anilines is 1. The van der Waals surface area contributed by atoms with Crippen LogP contribution >= 0.6 is 24.8 Å². The molecule has 0 spiro atoms. The van der Waals surface area contributed by atoms with E-state index in [2.05, 4.69) is 11.0 Å². The fraction of sp³-hybridized carbons (Fsp3) is 0.750. The molecule has 0 atom stereocenters. The van der Waals surface area contributed by atoms with Gasteiger partial charge in [-0.3, -0.25) is 0 Å². The Kier molecular flexibility index (Phi) is 5.92. The largest absolute Gasteiger partial charge is 0.357 e. The van der Waals surface area contributed by atoms with Gasteiger partial charge in [0.15, 0.2) is 0 Å². The summed E-state index contributed by atoms with van der Waals surface area (Å²) in [6.07, 6.45) is 8.70. The third-order valence-electron chi connectivity index (χ3n) is 4.97. The molecular formula is C16H26Cl2N4. The first-order chi connectivity index (χ1) is 9.79. The molecule has 0 aromatic carbocycles. The Hall–Kier alpha value is -0.580. The zero-order valence-corrected chi connectivity index (χ0v) is 14.5. The molecule has 1 aromatic heterocycles. The maximum absolute atomic E-state index is 5.94. The second kappa shape index (κ2) is 7.33. The highest BCUT2D eigenvalue weighted by Gasteiger charge is 2.32. The van der Waals surface area contributed by atoms with Crippen molar-refractivity contribution in [2.24, 2.45) is 5.73 Å². The number of hydrogen-bond acceptors (Lipinski definition) is 4. The molecule has 1 aromatic rings. The van der Waals surface area contributed by atoms with Crippen molar-refractivity contribution in [3.63, 3.8) is 0 Å². The molecule has 4 rings (SSSR count). The van der Waals surface area contributed by atoms with E-state index in [1.165, 1.54) is 43.6 Å². The van der Waals surface area contributed by atoms with Crippen LogP contribution in [0.5, 0.6) is 0 Å². The van der Waals surface area contributed by atoms with E-state index in [4.69, 9.17) is 15.7 Å². The monoisotopic (exact) mass is 344 g/mol. The summed E-state index contributed by atoms with van der Waals surface area (Å²) in [6, 6.07) is 2.63. The number of piperidine rings is 1. The zero-order valence-electron chi connectivity index (χ0n) is 12.9. The molecule has 124 valence electrons. The summed E-state index contributed by atoms with van der Waals surface area (Å²) in [7, 11) is 0. The topological polar surface area (TPSA) is 55.0 Å². The first-order valence-electron chi connectivity index (χ1n) is 8.19. The highest BCUT2D eigenvalue weighted by Crippen LogP contribution is 2.41. The molecule has 0 bridgehead atoms. The Morgan fingerprint density at radius 3 is 2.23 bits per heavy atom. The molecule has 3 aliphatic rings. The van der Waals surface area contributed by atoms with Gasteiger partial charge in [-0.15, -0.1) is 24.8 Å². The van der Waals surface area contributed by atoms with Crippen LogP contribution in [0.3, 0.4) is 0 Å². The predicted molar refractivity (Wildman–Crippen MR) is 94.5 cm³/mol. The van der Waals surface area contributed by atoms with Crippen molar-refractivity contribution in [3.8, 4) is 0 Å². The summed E-state index contributed by atoms with van der Waals surface area (Å²) in [4.78, 5) is 12.2. The van der Waals surface area contributed by atoms with Crippen LogP contribution in [-0.4, -0.2) is 29.1 Å². The molecule has 3 fully saturated rings. The molecule has 0 amide bonds. The average Bonchev–Trinajstić information content (AvgIpc) is 3.29. The number of aromatic nitrogens is 2. The fourth-order valence-electron chi connectivity index (χ4n) is 3.39. The van der Waals surface area contributed by atoms with Crippen molar-refractivity contribution in [2.75, 3.05) is 18.0 Å². The number of nitrogens with two attached hydrogens (primary N) is 1. The van der Waals surface area contributed by atoms with E-state index in [1.54, 1.807) is 0 Å². The molecule has 6 heteroatoms. The highest BCUT2D eigenvalue weighted by molar-refractivity contribution is 5.85. The Morgan fingerprint density at radius 2 is 1.64 bits per heavy atom. The van der Waals surface area contributed by atoms with E-state index in [9.17, 15) is 0 Å². The van der Waals surface area contributed by atoms with E-state index in [1.807, 2.05) is 0 Å². The van der Waals surface area contributed by atoms with Crippen LogP contribution < -0.4 is 10.6 Å². The lowest BCUT2D eigenvalue weighted by Gasteiger charge is -2.33. The Labute approximate surface area is 145 Å². The summed E-state index contributed by atoms with van der Waals surface area (Å²) in [5.41, 5.74) is 7.20. The minimum Gasteiger partial charge on any atom is -0.357 e. The van der Waals surface area contributed by atoms with Gasteiger partial charge in [-0.05, 0) is 44.9 Å². The number of halogens is 2. The van der Waals surface area contributed by atoms with Gasteiger partial charge in [0.2, 0.25) is 0 Å². The maximum Gasteiger partial charge on any atom is 0.134 e. The van der Waals surface area contributed by atoms with Gasteiger partial charge >= 0.3 is 0 Å². The molecule has 0 unspecified atom stereocenters. The van der Waals surface area contributed by atoms with Crippen LogP contribution in [0.2, 0.25) is 0 Å². The van der Waals surface area contributed by atoms with Crippen LogP contribution in [0.4, 0.5) is 5.82 Å². The Bertz CT molecular complexity index is 495. The van der Waals surface area contributed by atoms with Crippen LogP contribution in [0.15, 0.2) is 6.07 Å². The van der Waals surface area contributed by atoms with Crippen molar-refractivity contribution in [1.82, 2.24) is 9.97 Å². The van der Waals surface area contributed by atoms with E-state index in [-0.39, 0.29) is 24.8 Å². The number of nitrogens with zero attached hydrogens (tertiary/aromatic N) is 3. The van der Waals surface area contributed by atoms with Gasteiger partial charge in [0.05, 0.1) is 0 Å². The average molecular weight is 345 g/mol. The summed E-state index contributed by atoms with van der Waals surface area (Å²) in [5.74, 6) is 3.49. The van der Waals surface area contributed by atoms with Crippen LogP contribution in [0, 0.1) is 0 Å². The first-order valence-corrected chi connectivity index (χ1v) is 8.19. The predicted octanol–water partition coefficient (Wildman–Crippen LogP) is 3.39. The van der Waals surface area contributed by atoms with E-state index in [0.29, 0.717) is 17.9 Å². The van der Waals surface area contributed by atoms with Gasteiger partial charge in [0, 0.05) is 42.7 Å². The van der Waals surface area contributed by atoms with Gasteiger partial charge in [-0.2, -0.15) is 0 Å². The van der Waals surface area contributed by atoms with Crippen molar-refractivity contribution in [2.45, 2.75) is 62.8 Å². The number of rotatable bonds is 3. The van der Waals surface area contributed by atoms with E-state index in [0.717, 1.165) is 31.8 Å². The van der Waals surface area contributed by atoms with Crippen molar-refractivity contribution in [3.05, 3.63) is 17.6 Å². The van der Waals surface area contributed by atoms with Gasteiger partial charge in [-0.1, -0.05) is 0 Å². The molecule has 22 heavy (non-hydrogen) atoms. The first kappa shape index (κ1) is 17.8. The fourth-order valence-corrected chi connectivity index (χ4v) is 3.39. The maximum atomic E-state index is 5.94. The molecule has 1 aliphatic heterocycles. The van der Waals surface area contributed by atoms with Gasteiger partial charge in [0.1, 0.15) is 11.6 Å². The summed E-state index contributed by atoms with van der Waals surface area (Å²) >= 11 is 0. The molecule has 2 heterocycles. The molecular weight excluding hydrogens is 319 g/mol. The van der Waals surface area contributed by atoms with Crippen LogP contribution in [0.1, 0.15) is 68.3 Å². The van der Waals surface area contributed by atoms with Gasteiger partial charge in [0.25, 0.3) is 0 Å². The lowest BCUT2D eigenvalue weighted by molar-refractivity contribution is 0.344. The molecule has 2 N–H and O–H groups in total. The van der Waals surface area contributed by atoms with E-state index < -0.39 is 0 Å². The van der Waals surface area contributed by atoms with Crippen LogP contribution in [-0.2, 0) is 0 Å². The SMILES string of the molecule is Cl.Cl.NC1CC(c2cc(N3CCCCC3)nc(C3CC3)n2)C1. The molecule has 0 radical (unpaired) electrons. The minimum atomic E-state index is 0. The molecule has 2 saturated carbocycles. The lowest BCUT2D eigenvalue weighted by Crippen LogP contribution is -2.36. The Balaban J connectivity index is 0.000000882. The smallest absolute Gasteiger partial charge is 0.134 e. The second-order valence-corrected chi connectivity index (χ2v) is 6.76. The zero-order chi connectivity index (χ0) is 13.5. The standard InChI is InChI=1S/C16H24N4.2ClH/c17-13-8-12(9-13)14-10-15(20-6-2-1-3-7-20)19-16(18-14)11-4-5-11;;/h10-13H,1-9,17H2;2*1H. The number of hydrogen-bond donors (Lipinski definition) is 1. The molecule has 1 saturated heterocycles. The van der Waals surface area contributed by atoms with Gasteiger partial charge < -0.3 is 10.6 Å². The van der Waals surface area contributed by atoms with Gasteiger partial charge in [-0.25, -0.2) is 9.97 Å². The summed E-state index contributed by atoms with van der Waals surface area (Å²) in [5, 5.41) is 0. The van der Waals surface area contributed by atoms with Crippen molar-refractivity contribution < 1.29 is 0 Å². The summed E-state index contributed by atoms with van der Waals surface area (Å²) in [6.45, 7) is 2.31. The Morgan fingerprint density at radius 1 is 0.955 bits per heavy atom. The normalized spacial score (nSPS) is 27.4. The lowest BCUT2D eigenvalue weighted by atomic mass is 9.78. The third kappa shape index (κ3) is 3.66. The minimum absolute atomic E-state index is 0. The second-order valence-electron chi connectivity index (χ2n) is 6.76.